The standard InChI is InChI=1S/C4H6O.C2H6O2.5C2H4/c1-3-5-4-2;3-1-2-4;5*1-2/h3-4H,1-2H2;3-4H,1-2H2;5*1-2H2. The van der Waals surface area contributed by atoms with Crippen LogP contribution in [0.25, 0.3) is 0 Å². The molecule has 0 aromatic rings. The third kappa shape index (κ3) is 3790. The molecule has 0 aliphatic heterocycles. The third-order valence-corrected chi connectivity index (χ3v) is 0.292. The Bertz CT molecular complexity index is 95.0. The molecule has 2 N–H and O–H groups in total. The van der Waals surface area contributed by atoms with Crippen LogP contribution in [0.2, 0.25) is 0 Å². The van der Waals surface area contributed by atoms with Crippen molar-refractivity contribution in [2.45, 2.75) is 0 Å². The summed E-state index contributed by atoms with van der Waals surface area (Å²) in [6.07, 6.45) is 2.62. The average molecular weight is 272 g/mol. The zero-order chi connectivity index (χ0) is 17.5. The molecule has 0 radical (unpaired) electrons. The Balaban J connectivity index is -0.0000000187. The van der Waals surface area contributed by atoms with Gasteiger partial charge in [0.15, 0.2) is 0 Å². The first-order chi connectivity index (χ1) is 9.33. The predicted molar refractivity (Wildman–Crippen MR) is 91.9 cm³/mol. The minimum absolute atomic E-state index is 0.125. The maximum absolute atomic E-state index is 7.62. The van der Waals surface area contributed by atoms with E-state index in [1.54, 1.807) is 0 Å². The Kier molecular flexibility index (Phi) is 963. The second-order valence-electron chi connectivity index (χ2n) is 0.917. The molecular weight excluding hydrogens is 240 g/mol. The van der Waals surface area contributed by atoms with Crippen molar-refractivity contribution < 1.29 is 14.9 Å². The summed E-state index contributed by atoms with van der Waals surface area (Å²) in [6, 6.07) is 0. The Morgan fingerprint density at radius 3 is 0.737 bits per heavy atom. The fraction of sp³-hybridized carbons (Fsp3) is 0.125. The van der Waals surface area contributed by atoms with Gasteiger partial charge in [0.1, 0.15) is 0 Å². The van der Waals surface area contributed by atoms with E-state index < -0.39 is 0 Å². The van der Waals surface area contributed by atoms with E-state index in [0.29, 0.717) is 0 Å². The van der Waals surface area contributed by atoms with E-state index >= 15 is 0 Å². The Hall–Kier alpha value is -2.10. The summed E-state index contributed by atoms with van der Waals surface area (Å²) in [5, 5.41) is 15.2. The zero-order valence-corrected chi connectivity index (χ0v) is 12.4. The van der Waals surface area contributed by atoms with Gasteiger partial charge >= 0.3 is 0 Å². The van der Waals surface area contributed by atoms with Crippen molar-refractivity contribution in [1.29, 1.82) is 0 Å². The molecule has 3 heteroatoms. The van der Waals surface area contributed by atoms with Gasteiger partial charge in [-0.15, -0.1) is 65.8 Å². The van der Waals surface area contributed by atoms with Gasteiger partial charge in [-0.05, 0) is 0 Å². The summed E-state index contributed by atoms with van der Waals surface area (Å²) < 4.78 is 4.36. The number of ether oxygens (including phenoxy) is 1. The van der Waals surface area contributed by atoms with E-state index in [9.17, 15) is 0 Å². The number of aliphatic hydroxyl groups is 2. The first-order valence-electron chi connectivity index (χ1n) is 4.92. The maximum atomic E-state index is 7.62. The highest BCUT2D eigenvalue weighted by molar-refractivity contribution is 4.57. The van der Waals surface area contributed by atoms with Crippen LogP contribution in [-0.4, -0.2) is 23.4 Å². The molecule has 0 heterocycles. The Labute approximate surface area is 120 Å². The molecule has 19 heavy (non-hydrogen) atoms. The van der Waals surface area contributed by atoms with E-state index in [1.807, 2.05) is 0 Å². The number of rotatable bonds is 3. The van der Waals surface area contributed by atoms with Gasteiger partial charge in [0, 0.05) is 0 Å². The van der Waals surface area contributed by atoms with E-state index in [1.165, 1.54) is 12.5 Å². The molecule has 0 unspecified atom stereocenters. The number of aliphatic hydroxyl groups excluding tert-OH is 2. The average Bonchev–Trinajstić information content (AvgIpc) is 2.58. The summed E-state index contributed by atoms with van der Waals surface area (Å²) in [7, 11) is 0. The molecule has 0 aromatic heterocycles. The Morgan fingerprint density at radius 1 is 0.579 bits per heavy atom. The number of hydrogen-bond donors (Lipinski definition) is 2. The van der Waals surface area contributed by atoms with E-state index in [4.69, 9.17) is 10.2 Å². The van der Waals surface area contributed by atoms with Crippen LogP contribution in [-0.2, 0) is 4.74 Å². The van der Waals surface area contributed by atoms with Gasteiger partial charge in [0.25, 0.3) is 0 Å². The first kappa shape index (κ1) is 43.6. The molecule has 0 aliphatic carbocycles. The summed E-state index contributed by atoms with van der Waals surface area (Å²) >= 11 is 0. The fourth-order valence-electron chi connectivity index (χ4n) is 0.0680. The Morgan fingerprint density at radius 2 is 0.737 bits per heavy atom. The molecule has 3 nitrogen and oxygen atoms in total. The highest BCUT2D eigenvalue weighted by Crippen LogP contribution is 1.65. The summed E-state index contributed by atoms with van der Waals surface area (Å²) in [4.78, 5) is 0. The van der Waals surface area contributed by atoms with Crippen LogP contribution in [0.15, 0.2) is 91.5 Å². The minimum atomic E-state index is -0.125. The highest BCUT2D eigenvalue weighted by Gasteiger charge is 1.58. The normalized spacial score (nSPS) is 4.11. The van der Waals surface area contributed by atoms with Gasteiger partial charge in [-0.25, -0.2) is 0 Å². The second-order valence-corrected chi connectivity index (χ2v) is 0.917. The molecule has 0 spiro atoms. The molecule has 0 bridgehead atoms. The molecule has 0 fully saturated rings. The molecule has 0 saturated carbocycles. The van der Waals surface area contributed by atoms with Crippen molar-refractivity contribution in [3.63, 3.8) is 0 Å². The van der Waals surface area contributed by atoms with E-state index in [0.717, 1.165) is 0 Å². The van der Waals surface area contributed by atoms with Crippen LogP contribution < -0.4 is 0 Å². The lowest BCUT2D eigenvalue weighted by Crippen LogP contribution is -1.85. The fourth-order valence-corrected chi connectivity index (χ4v) is 0.0680. The van der Waals surface area contributed by atoms with Crippen molar-refractivity contribution >= 4 is 0 Å². The molecule has 0 atom stereocenters. The van der Waals surface area contributed by atoms with Crippen molar-refractivity contribution in [2.24, 2.45) is 0 Å². The summed E-state index contributed by atoms with van der Waals surface area (Å²) in [6.45, 7) is 36.3. The van der Waals surface area contributed by atoms with Crippen LogP contribution >= 0.6 is 0 Å². The molecule has 0 aromatic carbocycles. The van der Waals surface area contributed by atoms with Gasteiger partial charge in [0.05, 0.1) is 25.7 Å². The molecular formula is C16H32O3. The smallest absolute Gasteiger partial charge is 0.0829 e. The van der Waals surface area contributed by atoms with Crippen molar-refractivity contribution in [3.05, 3.63) is 91.5 Å². The van der Waals surface area contributed by atoms with Crippen LogP contribution in [0, 0.1) is 0 Å². The molecule has 0 rings (SSSR count). The van der Waals surface area contributed by atoms with Crippen LogP contribution in [0.1, 0.15) is 0 Å². The SMILES string of the molecule is C=C.C=C.C=C.C=C.C=C.C=COC=C.OCCO. The predicted octanol–water partition coefficient (Wildman–Crippen LogP) is 4.27. The van der Waals surface area contributed by atoms with Gasteiger partial charge in [-0.2, -0.15) is 0 Å². The highest BCUT2D eigenvalue weighted by atomic mass is 16.5. The lowest BCUT2D eigenvalue weighted by Gasteiger charge is -1.76. The van der Waals surface area contributed by atoms with Crippen LogP contribution in [0.4, 0.5) is 0 Å². The lowest BCUT2D eigenvalue weighted by molar-refractivity contribution is 0.186. The molecule has 0 amide bonds. The van der Waals surface area contributed by atoms with Crippen LogP contribution in [0.5, 0.6) is 0 Å². The van der Waals surface area contributed by atoms with E-state index in [-0.39, 0.29) is 13.2 Å². The minimum Gasteiger partial charge on any atom is -0.474 e. The quantitative estimate of drug-likeness (QED) is 0.596. The molecule has 0 aliphatic rings. The van der Waals surface area contributed by atoms with Gasteiger partial charge in [-0.3, -0.25) is 0 Å². The largest absolute Gasteiger partial charge is 0.474 e. The molecule has 114 valence electrons. The molecule has 0 saturated heterocycles. The maximum Gasteiger partial charge on any atom is 0.0829 e. The number of hydrogen-bond acceptors (Lipinski definition) is 3. The van der Waals surface area contributed by atoms with Crippen molar-refractivity contribution in [1.82, 2.24) is 0 Å². The lowest BCUT2D eigenvalue weighted by atomic mass is 10.8. The third-order valence-electron chi connectivity index (χ3n) is 0.292. The second kappa shape index (κ2) is 420. The van der Waals surface area contributed by atoms with Gasteiger partial charge in [-0.1, -0.05) is 13.2 Å². The first-order valence-corrected chi connectivity index (χ1v) is 4.92. The van der Waals surface area contributed by atoms with Gasteiger partial charge in [0.2, 0.25) is 0 Å². The van der Waals surface area contributed by atoms with Crippen LogP contribution in [0.3, 0.4) is 0 Å². The topological polar surface area (TPSA) is 49.7 Å². The van der Waals surface area contributed by atoms with Crippen molar-refractivity contribution in [3.8, 4) is 0 Å². The van der Waals surface area contributed by atoms with Crippen molar-refractivity contribution in [2.75, 3.05) is 13.2 Å². The zero-order valence-electron chi connectivity index (χ0n) is 12.4. The summed E-state index contributed by atoms with van der Waals surface area (Å²) in [5.74, 6) is 0. The van der Waals surface area contributed by atoms with Gasteiger partial charge < -0.3 is 14.9 Å². The summed E-state index contributed by atoms with van der Waals surface area (Å²) in [5.41, 5.74) is 0. The van der Waals surface area contributed by atoms with E-state index in [2.05, 4.69) is 83.7 Å². The monoisotopic (exact) mass is 272 g/mol.